The van der Waals surface area contributed by atoms with Gasteiger partial charge in [0.15, 0.2) is 5.82 Å². The van der Waals surface area contributed by atoms with Crippen LogP contribution in [0.25, 0.3) is 0 Å². The second-order valence-electron chi connectivity index (χ2n) is 18.6. The topological polar surface area (TPSA) is 152 Å². The molecular weight excluding hydrogens is 804 g/mol. The first-order valence-electron chi connectivity index (χ1n) is 21.8. The Morgan fingerprint density at radius 3 is 2.50 bits per heavy atom. The van der Waals surface area contributed by atoms with Crippen LogP contribution >= 0.6 is 0 Å². The number of halogens is 3. The molecule has 1 spiro atoms. The van der Waals surface area contributed by atoms with Gasteiger partial charge >= 0.3 is 5.92 Å². The Bertz CT molecular complexity index is 2280. The molecule has 4 unspecified atom stereocenters. The van der Waals surface area contributed by atoms with Crippen molar-refractivity contribution in [3.8, 4) is 5.75 Å². The van der Waals surface area contributed by atoms with E-state index < -0.39 is 24.3 Å². The monoisotopic (exact) mass is 857 g/mol. The summed E-state index contributed by atoms with van der Waals surface area (Å²) >= 11 is 0. The number of likely N-dealkylation sites (tertiary alicyclic amines) is 1. The number of anilines is 5. The zero-order valence-corrected chi connectivity index (χ0v) is 35.6. The van der Waals surface area contributed by atoms with E-state index in [1.807, 2.05) is 12.1 Å². The van der Waals surface area contributed by atoms with Crippen molar-refractivity contribution in [3.63, 3.8) is 0 Å². The Morgan fingerprint density at radius 1 is 1.05 bits per heavy atom. The molecule has 3 saturated heterocycles. The number of amides is 4. The maximum absolute atomic E-state index is 15.5. The molecule has 5 heterocycles. The number of rotatable bonds is 10. The third kappa shape index (κ3) is 7.81. The van der Waals surface area contributed by atoms with Crippen molar-refractivity contribution in [1.82, 2.24) is 25.5 Å². The molecule has 0 radical (unpaired) electrons. The fourth-order valence-corrected chi connectivity index (χ4v) is 10.9. The van der Waals surface area contributed by atoms with Gasteiger partial charge in [-0.2, -0.15) is 13.8 Å². The Morgan fingerprint density at radius 2 is 1.82 bits per heavy atom. The lowest BCUT2D eigenvalue weighted by Gasteiger charge is -2.52. The van der Waals surface area contributed by atoms with Crippen molar-refractivity contribution in [3.05, 3.63) is 59.5 Å². The van der Waals surface area contributed by atoms with Crippen LogP contribution in [0.1, 0.15) is 87.1 Å². The quantitative estimate of drug-likeness (QED) is 0.219. The minimum atomic E-state index is -3.60. The number of nitrogens with zero attached hydrogens (tertiary/aromatic N) is 6. The second-order valence-corrected chi connectivity index (χ2v) is 18.6. The lowest BCUT2D eigenvalue weighted by atomic mass is 9.60. The second kappa shape index (κ2) is 16.0. The van der Waals surface area contributed by atoms with Crippen molar-refractivity contribution in [2.75, 3.05) is 66.9 Å². The standard InChI is InChI=1S/C45H54F3N9O5/c1-25(2)57-24-45(47,48)42(61)54(3)36-21-49-43(53-39(36)57)51-34-8-5-27(18-37(34)62-4)40(59)50-30-19-44(20-30)11-13-55(14-12-44)22-28-15-31-16-29(28)23-56(31)35-9-6-26(17-33(35)46)32-7-10-38(58)52-41(32)60/h5-6,8-9,17-18,21,25,28-32H,7,10-16,19-20,22-24H2,1-4H3,(H,50,59)(H,49,51,53)(H,52,58,60). The number of benzene rings is 2. The number of alkyl halides is 2. The lowest BCUT2D eigenvalue weighted by molar-refractivity contribution is -0.140. The number of ether oxygens (including phenoxy) is 1. The van der Waals surface area contributed by atoms with Gasteiger partial charge in [0.2, 0.25) is 17.8 Å². The third-order valence-electron chi connectivity index (χ3n) is 14.4. The summed E-state index contributed by atoms with van der Waals surface area (Å²) in [7, 11) is 2.78. The van der Waals surface area contributed by atoms with Gasteiger partial charge in [-0.25, -0.2) is 9.37 Å². The molecule has 4 atom stereocenters. The first kappa shape index (κ1) is 41.9. The summed E-state index contributed by atoms with van der Waals surface area (Å²) in [5.41, 5.74) is 2.55. The highest BCUT2D eigenvalue weighted by Gasteiger charge is 2.50. The van der Waals surface area contributed by atoms with E-state index >= 15 is 4.39 Å². The Balaban J connectivity index is 0.745. The Labute approximate surface area is 358 Å². The highest BCUT2D eigenvalue weighted by Crippen LogP contribution is 2.51. The highest BCUT2D eigenvalue weighted by atomic mass is 19.3. The Kier molecular flexibility index (Phi) is 10.8. The normalized spacial score (nSPS) is 25.7. The van der Waals surface area contributed by atoms with E-state index in [4.69, 9.17) is 4.74 Å². The Hall–Kier alpha value is -5.45. The molecule has 1 aromatic heterocycles. The van der Waals surface area contributed by atoms with Crippen molar-refractivity contribution >= 4 is 52.5 Å². The van der Waals surface area contributed by atoms with E-state index in [-0.39, 0.29) is 64.9 Å². The lowest BCUT2D eigenvalue weighted by Crippen LogP contribution is -2.55. The van der Waals surface area contributed by atoms with Gasteiger partial charge in [-0.05, 0) is 125 Å². The van der Waals surface area contributed by atoms with Crippen LogP contribution in [0.5, 0.6) is 5.75 Å². The van der Waals surface area contributed by atoms with Crippen LogP contribution in [-0.2, 0) is 14.4 Å². The van der Waals surface area contributed by atoms with Gasteiger partial charge in [0.1, 0.15) is 17.3 Å². The molecule has 62 heavy (non-hydrogen) atoms. The molecule has 4 aliphatic heterocycles. The summed E-state index contributed by atoms with van der Waals surface area (Å²) in [4.78, 5) is 65.8. The summed E-state index contributed by atoms with van der Waals surface area (Å²) in [5.74, 6) is -4.75. The largest absolute Gasteiger partial charge is 0.495 e. The van der Waals surface area contributed by atoms with Crippen LogP contribution in [-0.4, -0.2) is 109 Å². The maximum atomic E-state index is 15.5. The molecule has 14 nitrogen and oxygen atoms in total. The molecular formula is C45H54F3N9O5. The van der Waals surface area contributed by atoms with Crippen molar-refractivity contribution < 1.29 is 37.1 Å². The maximum Gasteiger partial charge on any atom is 0.342 e. The van der Waals surface area contributed by atoms with Crippen LogP contribution in [0.15, 0.2) is 42.6 Å². The molecule has 3 aromatic rings. The first-order valence-corrected chi connectivity index (χ1v) is 21.8. The number of carbonyl (C=O) groups excluding carboxylic acids is 4. The minimum absolute atomic E-state index is 0.0853. The molecule has 4 amide bonds. The molecule has 9 rings (SSSR count). The summed E-state index contributed by atoms with van der Waals surface area (Å²) < 4.78 is 50.6. The molecule has 2 aromatic carbocycles. The van der Waals surface area contributed by atoms with Gasteiger partial charge in [0.05, 0.1) is 37.1 Å². The van der Waals surface area contributed by atoms with Crippen LogP contribution < -0.4 is 35.4 Å². The molecule has 2 saturated carbocycles. The number of hydrogen-bond donors (Lipinski definition) is 3. The van der Waals surface area contributed by atoms with E-state index in [1.54, 1.807) is 32.0 Å². The average Bonchev–Trinajstić information content (AvgIpc) is 3.81. The van der Waals surface area contributed by atoms with Crippen LogP contribution in [0.4, 0.5) is 42.0 Å². The summed E-state index contributed by atoms with van der Waals surface area (Å²) in [6.45, 7) is 6.65. The molecule has 2 aliphatic carbocycles. The van der Waals surface area contributed by atoms with Gasteiger partial charge in [0.25, 0.3) is 11.8 Å². The van der Waals surface area contributed by atoms with Crippen molar-refractivity contribution in [1.29, 1.82) is 0 Å². The SMILES string of the molecule is COc1cc(C(=O)NC2CC3(CCN(CC4CC5CC4CN5c4ccc(C5CCC(=O)NC5=O)cc4F)CC3)C2)ccc1Nc1ncc2c(n1)N(C(C)C)CC(F)(F)C(=O)N2C. The van der Waals surface area contributed by atoms with Gasteiger partial charge in [-0.3, -0.25) is 24.5 Å². The summed E-state index contributed by atoms with van der Waals surface area (Å²) in [6.07, 6.45) is 8.19. The zero-order chi connectivity index (χ0) is 43.7. The van der Waals surface area contributed by atoms with Crippen LogP contribution in [0.3, 0.4) is 0 Å². The number of carbonyl (C=O) groups is 4. The number of fused-ring (bicyclic) bond motifs is 3. The number of imide groups is 1. The molecule has 17 heteroatoms. The summed E-state index contributed by atoms with van der Waals surface area (Å²) in [6, 6.07) is 10.2. The van der Waals surface area contributed by atoms with Gasteiger partial charge in [-0.15, -0.1) is 0 Å². The van der Waals surface area contributed by atoms with Crippen LogP contribution in [0.2, 0.25) is 0 Å². The molecule has 330 valence electrons. The van der Waals surface area contributed by atoms with E-state index in [9.17, 15) is 28.0 Å². The molecule has 5 fully saturated rings. The van der Waals surface area contributed by atoms with Gasteiger partial charge < -0.3 is 35.0 Å². The van der Waals surface area contributed by atoms with Gasteiger partial charge in [-0.1, -0.05) is 6.07 Å². The number of nitrogens with one attached hydrogen (secondary N) is 3. The van der Waals surface area contributed by atoms with E-state index in [0.717, 1.165) is 69.6 Å². The predicted molar refractivity (Wildman–Crippen MR) is 227 cm³/mol. The average molecular weight is 858 g/mol. The van der Waals surface area contributed by atoms with Gasteiger partial charge in [0, 0.05) is 50.2 Å². The predicted octanol–water partition coefficient (Wildman–Crippen LogP) is 5.60. The summed E-state index contributed by atoms with van der Waals surface area (Å²) in [5, 5.41) is 8.67. The van der Waals surface area contributed by atoms with E-state index in [0.29, 0.717) is 52.5 Å². The minimum Gasteiger partial charge on any atom is -0.495 e. The van der Waals surface area contributed by atoms with Crippen molar-refractivity contribution in [2.45, 2.75) is 95.2 Å². The third-order valence-corrected chi connectivity index (χ3v) is 14.4. The molecule has 2 bridgehead atoms. The smallest absolute Gasteiger partial charge is 0.342 e. The molecule has 6 aliphatic rings. The van der Waals surface area contributed by atoms with Crippen molar-refractivity contribution in [2.24, 2.45) is 17.3 Å². The fourth-order valence-electron chi connectivity index (χ4n) is 10.9. The number of aromatic nitrogens is 2. The molecule has 3 N–H and O–H groups in total. The fraction of sp³-hybridized carbons (Fsp3) is 0.556. The number of methoxy groups -OCH3 is 1. The van der Waals surface area contributed by atoms with E-state index in [2.05, 4.69) is 35.7 Å². The van der Waals surface area contributed by atoms with E-state index in [1.165, 1.54) is 31.3 Å². The number of hydrogen-bond acceptors (Lipinski definition) is 11. The zero-order valence-electron chi connectivity index (χ0n) is 35.6. The highest BCUT2D eigenvalue weighted by molar-refractivity contribution is 6.02. The first-order chi connectivity index (χ1) is 29.6. The van der Waals surface area contributed by atoms with Crippen LogP contribution in [0, 0.1) is 23.1 Å². The number of piperidine rings is 3.